The molecular formula is C12H25Cl3Si. The maximum absolute atomic E-state index is 5.80. The van der Waals surface area contributed by atoms with Crippen LogP contribution < -0.4 is 0 Å². The zero-order chi connectivity index (χ0) is 12.1. The second kappa shape index (κ2) is 14.1. The Balaban J connectivity index is 2.88. The van der Waals surface area contributed by atoms with Crippen molar-refractivity contribution in [1.82, 2.24) is 0 Å². The minimum Gasteiger partial charge on any atom is -0.150 e. The van der Waals surface area contributed by atoms with Gasteiger partial charge in [-0.1, -0.05) is 57.8 Å². The Morgan fingerprint density at radius 2 is 0.938 bits per heavy atom. The van der Waals surface area contributed by atoms with Gasteiger partial charge in [-0.2, -0.15) is 22.2 Å². The van der Waals surface area contributed by atoms with Crippen molar-refractivity contribution in [2.75, 3.05) is 5.88 Å². The summed E-state index contributed by atoms with van der Waals surface area (Å²) in [6.45, 7) is 0. The Labute approximate surface area is 117 Å². The van der Waals surface area contributed by atoms with Gasteiger partial charge in [0, 0.05) is 5.88 Å². The van der Waals surface area contributed by atoms with E-state index in [1.54, 1.807) is 0 Å². The SMILES string of the molecule is ClCCCCCCCCCCCC[SiH](Cl)Cl. The lowest BCUT2D eigenvalue weighted by atomic mass is 10.1. The molecule has 0 amide bonds. The maximum Gasteiger partial charge on any atom is 0.237 e. The molecule has 0 aromatic heterocycles. The van der Waals surface area contributed by atoms with Gasteiger partial charge in [-0.25, -0.2) is 0 Å². The fourth-order valence-corrected chi connectivity index (χ4v) is 3.52. The van der Waals surface area contributed by atoms with Crippen molar-refractivity contribution in [3.8, 4) is 0 Å². The van der Waals surface area contributed by atoms with Crippen LogP contribution in [0.5, 0.6) is 0 Å². The van der Waals surface area contributed by atoms with Crippen molar-refractivity contribution >= 4 is 41.2 Å². The van der Waals surface area contributed by atoms with Crippen molar-refractivity contribution in [1.29, 1.82) is 0 Å². The Hall–Kier alpha value is 1.09. The summed E-state index contributed by atoms with van der Waals surface area (Å²) in [5.41, 5.74) is 0. The lowest BCUT2D eigenvalue weighted by Crippen LogP contribution is -1.91. The molecule has 0 fully saturated rings. The molecule has 0 radical (unpaired) electrons. The first-order chi connectivity index (χ1) is 7.77. The molecule has 0 bridgehead atoms. The van der Waals surface area contributed by atoms with Crippen LogP contribution in [0.25, 0.3) is 0 Å². The molecule has 98 valence electrons. The Morgan fingerprint density at radius 1 is 0.562 bits per heavy atom. The van der Waals surface area contributed by atoms with Gasteiger partial charge in [0.2, 0.25) is 7.42 Å². The van der Waals surface area contributed by atoms with E-state index >= 15 is 0 Å². The van der Waals surface area contributed by atoms with Crippen LogP contribution in [0.2, 0.25) is 6.04 Å². The van der Waals surface area contributed by atoms with Crippen LogP contribution in [-0.2, 0) is 0 Å². The monoisotopic (exact) mass is 302 g/mol. The van der Waals surface area contributed by atoms with Gasteiger partial charge in [0.15, 0.2) is 0 Å². The van der Waals surface area contributed by atoms with Crippen molar-refractivity contribution in [2.24, 2.45) is 0 Å². The third-order valence-corrected chi connectivity index (χ3v) is 5.23. The predicted molar refractivity (Wildman–Crippen MR) is 80.6 cm³/mol. The molecule has 0 nitrogen and oxygen atoms in total. The van der Waals surface area contributed by atoms with Crippen LogP contribution in [0.4, 0.5) is 0 Å². The summed E-state index contributed by atoms with van der Waals surface area (Å²) in [7, 11) is -1.32. The largest absolute Gasteiger partial charge is 0.237 e. The molecule has 4 heteroatoms. The fourth-order valence-electron chi connectivity index (χ4n) is 1.81. The molecule has 0 spiro atoms. The van der Waals surface area contributed by atoms with Crippen LogP contribution >= 0.6 is 33.8 Å². The smallest absolute Gasteiger partial charge is 0.150 e. The lowest BCUT2D eigenvalue weighted by molar-refractivity contribution is 0.562. The van der Waals surface area contributed by atoms with Gasteiger partial charge in [-0.05, 0) is 12.5 Å². The molecule has 0 aliphatic heterocycles. The van der Waals surface area contributed by atoms with E-state index in [2.05, 4.69) is 0 Å². The van der Waals surface area contributed by atoms with E-state index in [9.17, 15) is 0 Å². The normalized spacial score (nSPS) is 11.2. The zero-order valence-electron chi connectivity index (χ0n) is 10.2. The highest BCUT2D eigenvalue weighted by Crippen LogP contribution is 2.14. The van der Waals surface area contributed by atoms with E-state index in [0.29, 0.717) is 0 Å². The number of rotatable bonds is 12. The van der Waals surface area contributed by atoms with Crippen molar-refractivity contribution in [3.05, 3.63) is 0 Å². The highest BCUT2D eigenvalue weighted by molar-refractivity contribution is 7.33. The van der Waals surface area contributed by atoms with Gasteiger partial charge in [-0.15, -0.1) is 11.6 Å². The number of halogens is 3. The molecule has 0 aliphatic carbocycles. The standard InChI is InChI=1S/C12H25Cl3Si/c13-11-9-7-5-3-1-2-4-6-8-10-12-16(14)15/h16H,1-12H2. The third kappa shape index (κ3) is 15.1. The van der Waals surface area contributed by atoms with Crippen molar-refractivity contribution in [2.45, 2.75) is 70.3 Å². The zero-order valence-corrected chi connectivity index (χ0v) is 13.6. The first-order valence-electron chi connectivity index (χ1n) is 6.61. The van der Waals surface area contributed by atoms with Gasteiger partial charge in [0.25, 0.3) is 0 Å². The molecule has 0 unspecified atom stereocenters. The van der Waals surface area contributed by atoms with E-state index in [0.717, 1.165) is 11.9 Å². The van der Waals surface area contributed by atoms with Gasteiger partial charge in [0.1, 0.15) is 0 Å². The second-order valence-corrected chi connectivity index (χ2v) is 9.97. The summed E-state index contributed by atoms with van der Waals surface area (Å²) < 4.78 is 0. The number of unbranched alkanes of at least 4 members (excludes halogenated alkanes) is 9. The van der Waals surface area contributed by atoms with Crippen LogP contribution in [0.1, 0.15) is 64.2 Å². The predicted octanol–water partition coefficient (Wildman–Crippen LogP) is 5.82. The molecule has 0 atom stereocenters. The molecule has 0 saturated carbocycles. The van der Waals surface area contributed by atoms with Crippen LogP contribution in [0.15, 0.2) is 0 Å². The van der Waals surface area contributed by atoms with E-state index in [4.69, 9.17) is 33.8 Å². The van der Waals surface area contributed by atoms with Gasteiger partial charge in [0.05, 0.1) is 0 Å². The van der Waals surface area contributed by atoms with Gasteiger partial charge >= 0.3 is 0 Å². The summed E-state index contributed by atoms with van der Waals surface area (Å²) in [4.78, 5) is 0. The highest BCUT2D eigenvalue weighted by Gasteiger charge is 2.00. The van der Waals surface area contributed by atoms with Gasteiger partial charge in [-0.3, -0.25) is 0 Å². The molecule has 0 aliphatic rings. The van der Waals surface area contributed by atoms with E-state index in [1.165, 1.54) is 64.2 Å². The first-order valence-corrected chi connectivity index (χ1v) is 11.5. The second-order valence-electron chi connectivity index (χ2n) is 4.40. The summed E-state index contributed by atoms with van der Waals surface area (Å²) in [5, 5.41) is 0. The molecular weight excluding hydrogens is 279 g/mol. The average Bonchev–Trinajstić information content (AvgIpc) is 2.25. The molecule has 0 rings (SSSR count). The molecule has 0 aromatic carbocycles. The Kier molecular flexibility index (Phi) is 15.1. The number of hydrogen-bond acceptors (Lipinski definition) is 0. The number of alkyl halides is 1. The first kappa shape index (κ1) is 17.1. The molecule has 0 heterocycles. The molecule has 16 heavy (non-hydrogen) atoms. The van der Waals surface area contributed by atoms with E-state index in [-0.39, 0.29) is 0 Å². The lowest BCUT2D eigenvalue weighted by Gasteiger charge is -2.02. The minimum absolute atomic E-state index is 0.825. The Morgan fingerprint density at radius 3 is 1.31 bits per heavy atom. The summed E-state index contributed by atoms with van der Waals surface area (Å²) in [6.07, 6.45) is 13.3. The van der Waals surface area contributed by atoms with Crippen LogP contribution in [0.3, 0.4) is 0 Å². The molecule has 0 aromatic rings. The summed E-state index contributed by atoms with van der Waals surface area (Å²) in [5.74, 6) is 0.825. The average molecular weight is 304 g/mol. The number of hydrogen-bond donors (Lipinski definition) is 0. The minimum atomic E-state index is -1.32. The molecule has 0 saturated heterocycles. The topological polar surface area (TPSA) is 0 Å². The Bertz CT molecular complexity index is 131. The van der Waals surface area contributed by atoms with Gasteiger partial charge < -0.3 is 0 Å². The van der Waals surface area contributed by atoms with Crippen molar-refractivity contribution < 1.29 is 0 Å². The van der Waals surface area contributed by atoms with Crippen LogP contribution in [-0.4, -0.2) is 13.3 Å². The maximum atomic E-state index is 5.80. The highest BCUT2D eigenvalue weighted by atomic mass is 35.7. The quantitative estimate of drug-likeness (QED) is 0.184. The molecule has 0 N–H and O–H groups in total. The van der Waals surface area contributed by atoms with Crippen molar-refractivity contribution in [3.63, 3.8) is 0 Å². The summed E-state index contributed by atoms with van der Waals surface area (Å²) >= 11 is 17.2. The third-order valence-electron chi connectivity index (χ3n) is 2.81. The van der Waals surface area contributed by atoms with E-state index < -0.39 is 7.42 Å². The van der Waals surface area contributed by atoms with E-state index in [1.807, 2.05) is 0 Å². The van der Waals surface area contributed by atoms with Crippen LogP contribution in [0, 0.1) is 0 Å². The fraction of sp³-hybridized carbons (Fsp3) is 1.00. The summed E-state index contributed by atoms with van der Waals surface area (Å²) in [6, 6.07) is 1.08.